The average molecular weight is 314 g/mol. The Bertz CT molecular complexity index is 706. The number of aryl methyl sites for hydroxylation is 2. The van der Waals surface area contributed by atoms with Crippen molar-refractivity contribution in [1.82, 2.24) is 20.0 Å². The first-order valence-corrected chi connectivity index (χ1v) is 8.52. The summed E-state index contributed by atoms with van der Waals surface area (Å²) < 4.78 is 1.78. The molecule has 2 heterocycles. The molecule has 2 aromatic rings. The summed E-state index contributed by atoms with van der Waals surface area (Å²) in [6.45, 7) is 8.33. The summed E-state index contributed by atoms with van der Waals surface area (Å²) in [5.74, 6) is 0.485. The first kappa shape index (κ1) is 16.0. The first-order valence-electron chi connectivity index (χ1n) is 8.52. The van der Waals surface area contributed by atoms with Crippen LogP contribution in [0.4, 0.5) is 0 Å². The number of nitrogens with zero attached hydrogens (tertiary/aromatic N) is 3. The molecule has 1 aliphatic heterocycles. The molecule has 5 heteroatoms. The number of piperidine rings is 1. The lowest BCUT2D eigenvalue weighted by Gasteiger charge is -2.31. The Morgan fingerprint density at radius 1 is 1.43 bits per heavy atom. The zero-order valence-electron chi connectivity index (χ0n) is 14.3. The fourth-order valence-corrected chi connectivity index (χ4v) is 3.47. The van der Waals surface area contributed by atoms with Crippen molar-refractivity contribution in [2.45, 2.75) is 26.7 Å². The highest BCUT2D eigenvalue weighted by molar-refractivity contribution is 6.05. The number of hydrogen-bond donors (Lipinski definition) is 1. The molecule has 0 unspecified atom stereocenters. The van der Waals surface area contributed by atoms with Gasteiger partial charge in [-0.25, -0.2) is 0 Å². The molecular formula is C18H26N4O. The van der Waals surface area contributed by atoms with E-state index in [4.69, 9.17) is 0 Å². The van der Waals surface area contributed by atoms with E-state index in [2.05, 4.69) is 22.2 Å². The summed E-state index contributed by atoms with van der Waals surface area (Å²) in [5, 5.41) is 8.45. The average Bonchev–Trinajstić information content (AvgIpc) is 2.89. The highest BCUT2D eigenvalue weighted by Crippen LogP contribution is 2.20. The second-order valence-corrected chi connectivity index (χ2v) is 6.60. The lowest BCUT2D eigenvalue weighted by molar-refractivity contribution is 0.0929. The van der Waals surface area contributed by atoms with Crippen molar-refractivity contribution in [2.24, 2.45) is 13.0 Å². The zero-order chi connectivity index (χ0) is 16.4. The number of aromatic nitrogens is 2. The molecule has 0 spiro atoms. The van der Waals surface area contributed by atoms with Crippen LogP contribution in [0.1, 0.15) is 35.8 Å². The third-order valence-corrected chi connectivity index (χ3v) is 4.82. The van der Waals surface area contributed by atoms with Crippen LogP contribution in [-0.4, -0.2) is 46.8 Å². The summed E-state index contributed by atoms with van der Waals surface area (Å²) >= 11 is 0. The fraction of sp³-hybridized carbons (Fsp3) is 0.556. The lowest BCUT2D eigenvalue weighted by Crippen LogP contribution is -2.40. The van der Waals surface area contributed by atoms with Crippen LogP contribution >= 0.6 is 0 Å². The number of hydrogen-bond acceptors (Lipinski definition) is 3. The lowest BCUT2D eigenvalue weighted by atomic mass is 9.98. The van der Waals surface area contributed by atoms with Gasteiger partial charge in [0.1, 0.15) is 0 Å². The smallest absolute Gasteiger partial charge is 0.272 e. The van der Waals surface area contributed by atoms with Gasteiger partial charge in [0.05, 0.1) is 5.52 Å². The van der Waals surface area contributed by atoms with Gasteiger partial charge in [0.15, 0.2) is 5.69 Å². The van der Waals surface area contributed by atoms with Crippen LogP contribution in [0.2, 0.25) is 0 Å². The van der Waals surface area contributed by atoms with E-state index in [-0.39, 0.29) is 5.91 Å². The van der Waals surface area contributed by atoms with E-state index in [1.54, 1.807) is 4.68 Å². The third-order valence-electron chi connectivity index (χ3n) is 4.82. The molecule has 5 nitrogen and oxygen atoms in total. The minimum Gasteiger partial charge on any atom is -0.350 e. The minimum absolute atomic E-state index is 0.0604. The number of carbonyl (C=O) groups is 1. The summed E-state index contributed by atoms with van der Waals surface area (Å²) in [4.78, 5) is 15.0. The second kappa shape index (κ2) is 6.71. The Morgan fingerprint density at radius 2 is 2.26 bits per heavy atom. The summed E-state index contributed by atoms with van der Waals surface area (Å²) in [6.07, 6.45) is 2.42. The molecule has 1 amide bonds. The molecule has 1 aromatic carbocycles. The predicted octanol–water partition coefficient (Wildman–Crippen LogP) is 2.34. The maximum Gasteiger partial charge on any atom is 0.272 e. The number of amides is 1. The van der Waals surface area contributed by atoms with Gasteiger partial charge in [0.2, 0.25) is 0 Å². The van der Waals surface area contributed by atoms with E-state index in [0.29, 0.717) is 11.6 Å². The Balaban J connectivity index is 1.70. The zero-order valence-corrected chi connectivity index (χ0v) is 14.3. The van der Waals surface area contributed by atoms with E-state index in [1.165, 1.54) is 19.4 Å². The summed E-state index contributed by atoms with van der Waals surface area (Å²) in [6, 6.07) is 6.11. The topological polar surface area (TPSA) is 50.2 Å². The second-order valence-electron chi connectivity index (χ2n) is 6.60. The molecule has 0 saturated carbocycles. The fourth-order valence-electron chi connectivity index (χ4n) is 3.47. The van der Waals surface area contributed by atoms with Crippen LogP contribution in [-0.2, 0) is 7.05 Å². The maximum absolute atomic E-state index is 12.6. The van der Waals surface area contributed by atoms with E-state index in [9.17, 15) is 4.79 Å². The highest BCUT2D eigenvalue weighted by atomic mass is 16.1. The number of nitrogens with one attached hydrogen (secondary N) is 1. The van der Waals surface area contributed by atoms with Crippen LogP contribution in [0.25, 0.3) is 10.9 Å². The molecule has 0 radical (unpaired) electrons. The van der Waals surface area contributed by atoms with Gasteiger partial charge in [0.25, 0.3) is 5.91 Å². The number of benzene rings is 1. The minimum atomic E-state index is -0.0604. The standard InChI is InChI=1S/C18H26N4O/c1-4-22-9-5-6-14(12-22)11-19-18(23)17-15-10-13(2)7-8-16(15)21(3)20-17/h7-8,10,14H,4-6,9,11-12H2,1-3H3,(H,19,23)/t14-/m1/s1. The van der Waals surface area contributed by atoms with Crippen molar-refractivity contribution in [2.75, 3.05) is 26.2 Å². The number of carbonyl (C=O) groups excluding carboxylic acids is 1. The van der Waals surface area contributed by atoms with Crippen molar-refractivity contribution < 1.29 is 4.79 Å². The van der Waals surface area contributed by atoms with Crippen molar-refractivity contribution in [3.8, 4) is 0 Å². The molecule has 0 bridgehead atoms. The largest absolute Gasteiger partial charge is 0.350 e. The molecule has 1 saturated heterocycles. The van der Waals surface area contributed by atoms with Crippen molar-refractivity contribution in [1.29, 1.82) is 0 Å². The van der Waals surface area contributed by atoms with Gasteiger partial charge in [-0.1, -0.05) is 18.6 Å². The van der Waals surface area contributed by atoms with Gasteiger partial charge in [0, 0.05) is 25.5 Å². The van der Waals surface area contributed by atoms with Gasteiger partial charge in [-0.15, -0.1) is 0 Å². The number of fused-ring (bicyclic) bond motifs is 1. The van der Waals surface area contributed by atoms with E-state index in [1.807, 2.05) is 32.2 Å². The maximum atomic E-state index is 12.6. The Kier molecular flexibility index (Phi) is 4.66. The normalized spacial score (nSPS) is 19.2. The first-order chi connectivity index (χ1) is 11.1. The molecule has 3 rings (SSSR count). The van der Waals surface area contributed by atoms with E-state index < -0.39 is 0 Å². The van der Waals surface area contributed by atoms with Gasteiger partial charge in [-0.2, -0.15) is 5.10 Å². The van der Waals surface area contributed by atoms with Crippen molar-refractivity contribution >= 4 is 16.8 Å². The van der Waals surface area contributed by atoms with Gasteiger partial charge < -0.3 is 10.2 Å². The Morgan fingerprint density at radius 3 is 3.04 bits per heavy atom. The molecule has 1 fully saturated rings. The third kappa shape index (κ3) is 3.39. The highest BCUT2D eigenvalue weighted by Gasteiger charge is 2.21. The molecule has 1 aliphatic rings. The van der Waals surface area contributed by atoms with Gasteiger partial charge in [-0.3, -0.25) is 9.48 Å². The molecular weight excluding hydrogens is 288 g/mol. The summed E-state index contributed by atoms with van der Waals surface area (Å²) in [5.41, 5.74) is 2.68. The monoisotopic (exact) mass is 314 g/mol. The van der Waals surface area contributed by atoms with Crippen LogP contribution in [0, 0.1) is 12.8 Å². The Labute approximate surface area is 137 Å². The predicted molar refractivity (Wildman–Crippen MR) is 92.6 cm³/mol. The summed E-state index contributed by atoms with van der Waals surface area (Å²) in [7, 11) is 1.88. The van der Waals surface area contributed by atoms with Crippen LogP contribution in [0.15, 0.2) is 18.2 Å². The molecule has 1 aromatic heterocycles. The SMILES string of the molecule is CCN1CCC[C@H](CNC(=O)c2nn(C)c3ccc(C)cc23)C1. The molecule has 124 valence electrons. The van der Waals surface area contributed by atoms with Crippen LogP contribution in [0.5, 0.6) is 0 Å². The molecule has 0 aliphatic carbocycles. The van der Waals surface area contributed by atoms with E-state index >= 15 is 0 Å². The quantitative estimate of drug-likeness (QED) is 0.942. The van der Waals surface area contributed by atoms with Gasteiger partial charge >= 0.3 is 0 Å². The van der Waals surface area contributed by atoms with Crippen molar-refractivity contribution in [3.63, 3.8) is 0 Å². The van der Waals surface area contributed by atoms with Gasteiger partial charge in [-0.05, 0) is 50.9 Å². The van der Waals surface area contributed by atoms with Crippen molar-refractivity contribution in [3.05, 3.63) is 29.5 Å². The molecule has 1 N–H and O–H groups in total. The van der Waals surface area contributed by atoms with Crippen LogP contribution < -0.4 is 5.32 Å². The van der Waals surface area contributed by atoms with Crippen LogP contribution in [0.3, 0.4) is 0 Å². The molecule has 23 heavy (non-hydrogen) atoms. The Hall–Kier alpha value is -1.88. The molecule has 1 atom stereocenters. The van der Waals surface area contributed by atoms with E-state index in [0.717, 1.165) is 36.1 Å². The number of rotatable bonds is 4. The number of likely N-dealkylation sites (tertiary alicyclic amines) is 1.